The number of hydrogen-bond donors (Lipinski definition) is 2. The molecule has 0 aliphatic heterocycles. The van der Waals surface area contributed by atoms with E-state index in [4.69, 9.17) is 16.3 Å². The summed E-state index contributed by atoms with van der Waals surface area (Å²) < 4.78 is 5.19. The Kier molecular flexibility index (Phi) is 4.01. The fourth-order valence-corrected chi connectivity index (χ4v) is 3.03. The zero-order valence-corrected chi connectivity index (χ0v) is 12.6. The monoisotopic (exact) mass is 292 g/mol. The van der Waals surface area contributed by atoms with E-state index < -0.39 is 0 Å². The number of nitrogens with one attached hydrogen (secondary N) is 2. The fourth-order valence-electron chi connectivity index (χ4n) is 2.75. The summed E-state index contributed by atoms with van der Waals surface area (Å²) in [6.07, 6.45) is 3.77. The predicted octanol–water partition coefficient (Wildman–Crippen LogP) is 3.73. The second-order valence-electron chi connectivity index (χ2n) is 5.81. The number of rotatable bonds is 7. The van der Waals surface area contributed by atoms with E-state index in [9.17, 15) is 0 Å². The average Bonchev–Trinajstić information content (AvgIpc) is 3.17. The van der Waals surface area contributed by atoms with Crippen LogP contribution in [0.2, 0.25) is 5.02 Å². The number of H-pyrrole nitrogens is 1. The predicted molar refractivity (Wildman–Crippen MR) is 83.2 cm³/mol. The largest absolute Gasteiger partial charge is 0.385 e. The molecule has 20 heavy (non-hydrogen) atoms. The fraction of sp³-hybridized carbons (Fsp3) is 0.500. The van der Waals surface area contributed by atoms with Crippen LogP contribution in [0.3, 0.4) is 0 Å². The van der Waals surface area contributed by atoms with E-state index in [1.807, 2.05) is 12.1 Å². The zero-order chi connectivity index (χ0) is 14.0. The molecule has 0 spiro atoms. The first kappa shape index (κ1) is 13.9. The van der Waals surface area contributed by atoms with Gasteiger partial charge in [0.05, 0.1) is 5.02 Å². The van der Waals surface area contributed by atoms with Crippen LogP contribution < -0.4 is 5.32 Å². The molecule has 1 fully saturated rings. The normalized spacial score (nSPS) is 16.7. The van der Waals surface area contributed by atoms with Crippen molar-refractivity contribution in [2.45, 2.75) is 25.8 Å². The molecule has 3 nitrogen and oxygen atoms in total. The van der Waals surface area contributed by atoms with E-state index in [1.165, 1.54) is 12.8 Å². The Balaban J connectivity index is 1.59. The lowest BCUT2D eigenvalue weighted by atomic mass is 10.0. The van der Waals surface area contributed by atoms with Crippen LogP contribution in [0.15, 0.2) is 24.3 Å². The summed E-state index contributed by atoms with van der Waals surface area (Å²) in [6.45, 7) is 2.69. The maximum Gasteiger partial charge on any atom is 0.0705 e. The van der Waals surface area contributed by atoms with Gasteiger partial charge in [-0.1, -0.05) is 29.8 Å². The molecule has 0 unspecified atom stereocenters. The van der Waals surface area contributed by atoms with Gasteiger partial charge in [-0.05, 0) is 30.7 Å². The smallest absolute Gasteiger partial charge is 0.0705 e. The highest BCUT2D eigenvalue weighted by Gasteiger charge is 2.41. The van der Waals surface area contributed by atoms with E-state index in [0.717, 1.165) is 47.7 Å². The third-order valence-corrected chi connectivity index (χ3v) is 4.74. The highest BCUT2D eigenvalue weighted by atomic mass is 35.5. The molecule has 4 heteroatoms. The van der Waals surface area contributed by atoms with Crippen molar-refractivity contribution in [3.8, 4) is 0 Å². The Morgan fingerprint density at radius 3 is 2.85 bits per heavy atom. The van der Waals surface area contributed by atoms with Crippen LogP contribution in [-0.2, 0) is 11.3 Å². The molecule has 1 saturated carbocycles. The minimum atomic E-state index is 0.467. The number of aromatic amines is 1. The van der Waals surface area contributed by atoms with Crippen molar-refractivity contribution in [1.82, 2.24) is 10.3 Å². The number of benzene rings is 1. The van der Waals surface area contributed by atoms with Gasteiger partial charge in [0.15, 0.2) is 0 Å². The Labute approximate surface area is 124 Å². The van der Waals surface area contributed by atoms with Crippen LogP contribution in [0.5, 0.6) is 0 Å². The quantitative estimate of drug-likeness (QED) is 0.816. The molecule has 1 aliphatic rings. The van der Waals surface area contributed by atoms with Gasteiger partial charge in [0.2, 0.25) is 0 Å². The second-order valence-corrected chi connectivity index (χ2v) is 6.19. The van der Waals surface area contributed by atoms with Crippen molar-refractivity contribution < 1.29 is 4.74 Å². The lowest BCUT2D eigenvalue weighted by molar-refractivity contribution is 0.171. The number of aromatic nitrogens is 1. The highest BCUT2D eigenvalue weighted by Crippen LogP contribution is 2.48. The summed E-state index contributed by atoms with van der Waals surface area (Å²) in [4.78, 5) is 3.39. The van der Waals surface area contributed by atoms with E-state index in [2.05, 4.69) is 22.4 Å². The number of ether oxygens (including phenoxy) is 1. The number of hydrogen-bond acceptors (Lipinski definition) is 2. The topological polar surface area (TPSA) is 37.0 Å². The molecule has 1 aliphatic carbocycles. The number of fused-ring (bicyclic) bond motifs is 1. The van der Waals surface area contributed by atoms with Crippen LogP contribution >= 0.6 is 11.6 Å². The van der Waals surface area contributed by atoms with E-state index in [0.29, 0.717) is 5.41 Å². The highest BCUT2D eigenvalue weighted by molar-refractivity contribution is 6.36. The van der Waals surface area contributed by atoms with Gasteiger partial charge in [-0.25, -0.2) is 0 Å². The molecule has 0 radical (unpaired) electrons. The molecular formula is C16H21ClN2O. The van der Waals surface area contributed by atoms with Crippen LogP contribution in [-0.4, -0.2) is 25.2 Å². The van der Waals surface area contributed by atoms with E-state index in [1.54, 1.807) is 7.11 Å². The molecule has 1 heterocycles. The molecule has 108 valence electrons. The van der Waals surface area contributed by atoms with Crippen molar-refractivity contribution >= 4 is 22.5 Å². The summed E-state index contributed by atoms with van der Waals surface area (Å²) in [6, 6.07) is 8.16. The number of para-hydroxylation sites is 1. The molecule has 0 bridgehead atoms. The standard InChI is InChI=1S/C16H21ClN2O/c1-20-9-8-16(6-7-16)11-18-10-14-15(17)12-4-2-3-5-13(12)19-14/h2-5,18-19H,6-11H2,1H3. The van der Waals surface area contributed by atoms with Gasteiger partial charge >= 0.3 is 0 Å². The molecule has 0 saturated heterocycles. The Hall–Kier alpha value is -1.03. The van der Waals surface area contributed by atoms with Crippen LogP contribution in [0.25, 0.3) is 10.9 Å². The van der Waals surface area contributed by atoms with Crippen molar-refractivity contribution in [2.24, 2.45) is 5.41 Å². The maximum absolute atomic E-state index is 6.42. The molecule has 0 amide bonds. The van der Waals surface area contributed by atoms with Crippen LogP contribution in [0, 0.1) is 5.41 Å². The minimum absolute atomic E-state index is 0.467. The summed E-state index contributed by atoms with van der Waals surface area (Å²) in [7, 11) is 1.77. The molecular weight excluding hydrogens is 272 g/mol. The zero-order valence-electron chi connectivity index (χ0n) is 11.8. The van der Waals surface area contributed by atoms with Crippen LogP contribution in [0.1, 0.15) is 25.0 Å². The number of halogens is 1. The first-order valence-corrected chi connectivity index (χ1v) is 7.57. The second kappa shape index (κ2) is 5.76. The molecule has 2 aromatic rings. The van der Waals surface area contributed by atoms with Crippen molar-refractivity contribution in [1.29, 1.82) is 0 Å². The summed E-state index contributed by atoms with van der Waals surface area (Å²) in [5.41, 5.74) is 2.65. The van der Waals surface area contributed by atoms with Gasteiger partial charge in [0.1, 0.15) is 0 Å². The van der Waals surface area contributed by atoms with Crippen molar-refractivity contribution in [3.05, 3.63) is 35.0 Å². The third-order valence-electron chi connectivity index (χ3n) is 4.31. The van der Waals surface area contributed by atoms with Gasteiger partial charge < -0.3 is 15.0 Å². The first-order valence-electron chi connectivity index (χ1n) is 7.19. The Bertz CT molecular complexity index is 589. The number of methoxy groups -OCH3 is 1. The van der Waals surface area contributed by atoms with E-state index in [-0.39, 0.29) is 0 Å². The van der Waals surface area contributed by atoms with Crippen molar-refractivity contribution in [3.63, 3.8) is 0 Å². The lowest BCUT2D eigenvalue weighted by Gasteiger charge is -2.15. The Morgan fingerprint density at radius 2 is 2.15 bits per heavy atom. The summed E-state index contributed by atoms with van der Waals surface area (Å²) in [5.74, 6) is 0. The molecule has 2 N–H and O–H groups in total. The van der Waals surface area contributed by atoms with Gasteiger partial charge in [-0.2, -0.15) is 0 Å². The SMILES string of the molecule is COCCC1(CNCc2[nH]c3ccccc3c2Cl)CC1. The third kappa shape index (κ3) is 2.85. The van der Waals surface area contributed by atoms with Gasteiger partial charge in [0.25, 0.3) is 0 Å². The van der Waals surface area contributed by atoms with Gasteiger partial charge in [0, 0.05) is 43.4 Å². The molecule has 1 aromatic carbocycles. The summed E-state index contributed by atoms with van der Waals surface area (Å²) >= 11 is 6.42. The molecule has 0 atom stereocenters. The summed E-state index contributed by atoms with van der Waals surface area (Å²) in [5, 5.41) is 5.49. The molecule has 3 rings (SSSR count). The van der Waals surface area contributed by atoms with Gasteiger partial charge in [-0.15, -0.1) is 0 Å². The van der Waals surface area contributed by atoms with Gasteiger partial charge in [-0.3, -0.25) is 0 Å². The van der Waals surface area contributed by atoms with Crippen molar-refractivity contribution in [2.75, 3.05) is 20.3 Å². The molecule has 1 aromatic heterocycles. The van der Waals surface area contributed by atoms with E-state index >= 15 is 0 Å². The Morgan fingerprint density at radius 1 is 1.35 bits per heavy atom. The minimum Gasteiger partial charge on any atom is -0.385 e. The van der Waals surface area contributed by atoms with Crippen LogP contribution in [0.4, 0.5) is 0 Å². The lowest BCUT2D eigenvalue weighted by Crippen LogP contribution is -2.24. The maximum atomic E-state index is 6.42. The first-order chi connectivity index (χ1) is 9.74. The average molecular weight is 293 g/mol.